The summed E-state index contributed by atoms with van der Waals surface area (Å²) in [7, 11) is 0. The SMILES string of the molecule is C=C(C)C(=O)O[C@@H]1C2CC3CC(C2)C(=O)OC1C3. The molecule has 2 saturated carbocycles. The molecule has 0 aromatic heterocycles. The Bertz CT molecular complexity index is 414. The van der Waals surface area contributed by atoms with Gasteiger partial charge in [-0.25, -0.2) is 4.79 Å². The van der Waals surface area contributed by atoms with Gasteiger partial charge in [-0.05, 0) is 38.5 Å². The normalized spacial score (nSPS) is 41.2. The fraction of sp³-hybridized carbons (Fsp3) is 0.714. The summed E-state index contributed by atoms with van der Waals surface area (Å²) in [6.45, 7) is 5.23. The quantitative estimate of drug-likeness (QED) is 0.554. The van der Waals surface area contributed by atoms with E-state index in [1.54, 1.807) is 6.92 Å². The van der Waals surface area contributed by atoms with E-state index in [4.69, 9.17) is 9.47 Å². The Morgan fingerprint density at radius 2 is 2.11 bits per heavy atom. The molecule has 0 spiro atoms. The van der Waals surface area contributed by atoms with E-state index in [1.807, 2.05) is 0 Å². The number of rotatable bonds is 2. The summed E-state index contributed by atoms with van der Waals surface area (Å²) in [5.41, 5.74) is 0.397. The average Bonchev–Trinajstić information content (AvgIpc) is 2.47. The van der Waals surface area contributed by atoms with E-state index in [2.05, 4.69) is 6.58 Å². The third-order valence-corrected chi connectivity index (χ3v) is 4.43. The minimum Gasteiger partial charge on any atom is -0.458 e. The Balaban J connectivity index is 1.82. The van der Waals surface area contributed by atoms with Crippen LogP contribution in [0.5, 0.6) is 0 Å². The summed E-state index contributed by atoms with van der Waals surface area (Å²) in [4.78, 5) is 23.5. The van der Waals surface area contributed by atoms with Gasteiger partial charge in [0.1, 0.15) is 12.2 Å². The summed E-state index contributed by atoms with van der Waals surface area (Å²) in [6.07, 6.45) is 3.15. The van der Waals surface area contributed by atoms with Gasteiger partial charge in [-0.3, -0.25) is 4.79 Å². The van der Waals surface area contributed by atoms with E-state index < -0.39 is 0 Å². The predicted octanol–water partition coefficient (Wildman–Crippen LogP) is 1.84. The second-order valence-electron chi connectivity index (χ2n) is 5.89. The second-order valence-corrected chi connectivity index (χ2v) is 5.89. The number of hydrogen-bond donors (Lipinski definition) is 0. The van der Waals surface area contributed by atoms with E-state index >= 15 is 0 Å². The van der Waals surface area contributed by atoms with Crippen molar-refractivity contribution in [1.29, 1.82) is 0 Å². The molecule has 4 fully saturated rings. The van der Waals surface area contributed by atoms with Crippen molar-refractivity contribution in [1.82, 2.24) is 0 Å². The lowest BCUT2D eigenvalue weighted by atomic mass is 9.67. The van der Waals surface area contributed by atoms with Gasteiger partial charge in [0.2, 0.25) is 0 Å². The molecule has 5 atom stereocenters. The van der Waals surface area contributed by atoms with Gasteiger partial charge >= 0.3 is 11.9 Å². The van der Waals surface area contributed by atoms with Crippen LogP contribution < -0.4 is 0 Å². The van der Waals surface area contributed by atoms with Gasteiger partial charge < -0.3 is 9.47 Å². The molecule has 4 unspecified atom stereocenters. The van der Waals surface area contributed by atoms with Crippen LogP contribution in [0.4, 0.5) is 0 Å². The highest BCUT2D eigenvalue weighted by Gasteiger charge is 2.51. The lowest BCUT2D eigenvalue weighted by Gasteiger charge is -2.41. The summed E-state index contributed by atoms with van der Waals surface area (Å²) in [5.74, 6) is 0.393. The summed E-state index contributed by atoms with van der Waals surface area (Å²) in [6, 6.07) is 0. The van der Waals surface area contributed by atoms with Crippen LogP contribution in [0.3, 0.4) is 0 Å². The van der Waals surface area contributed by atoms with Gasteiger partial charge in [-0.1, -0.05) is 6.58 Å². The van der Waals surface area contributed by atoms with Crippen LogP contribution in [0.2, 0.25) is 0 Å². The third-order valence-electron chi connectivity index (χ3n) is 4.43. The monoisotopic (exact) mass is 250 g/mol. The van der Waals surface area contributed by atoms with Crippen LogP contribution in [0.15, 0.2) is 12.2 Å². The molecule has 4 bridgehead atoms. The lowest BCUT2D eigenvalue weighted by molar-refractivity contribution is -0.169. The van der Waals surface area contributed by atoms with Crippen LogP contribution >= 0.6 is 0 Å². The molecular weight excluding hydrogens is 232 g/mol. The van der Waals surface area contributed by atoms with E-state index in [0.717, 1.165) is 25.7 Å². The number of carbonyl (C=O) groups is 2. The Labute approximate surface area is 106 Å². The van der Waals surface area contributed by atoms with E-state index in [9.17, 15) is 9.59 Å². The first-order valence-electron chi connectivity index (χ1n) is 6.61. The predicted molar refractivity (Wildman–Crippen MR) is 63.5 cm³/mol. The second kappa shape index (κ2) is 4.11. The molecule has 0 amide bonds. The molecule has 0 aromatic carbocycles. The number of fused-ring (bicyclic) bond motifs is 1. The largest absolute Gasteiger partial charge is 0.458 e. The first kappa shape index (κ1) is 11.8. The standard InChI is InChI=1S/C14H18O4/c1-7(2)13(15)18-12-9-3-8-4-10(6-9)14(16)17-11(12)5-8/h8-12H,1,3-6H2,2H3/t8?,9?,10?,11?,12-/m1/s1. The van der Waals surface area contributed by atoms with Crippen molar-refractivity contribution in [2.45, 2.75) is 44.8 Å². The number of ether oxygens (including phenoxy) is 2. The minimum atomic E-state index is -0.372. The smallest absolute Gasteiger partial charge is 0.333 e. The fourth-order valence-corrected chi connectivity index (χ4v) is 3.66. The average molecular weight is 250 g/mol. The van der Waals surface area contributed by atoms with Crippen molar-refractivity contribution in [3.63, 3.8) is 0 Å². The summed E-state index contributed by atoms with van der Waals surface area (Å²) >= 11 is 0. The summed E-state index contributed by atoms with van der Waals surface area (Å²) < 4.78 is 11.0. The van der Waals surface area contributed by atoms with Crippen LogP contribution in [-0.2, 0) is 19.1 Å². The van der Waals surface area contributed by atoms with Gasteiger partial charge in [0.25, 0.3) is 0 Å². The third kappa shape index (κ3) is 1.84. The molecular formula is C14H18O4. The molecule has 0 aromatic rings. The molecule has 2 saturated heterocycles. The van der Waals surface area contributed by atoms with Gasteiger partial charge in [0.15, 0.2) is 0 Å². The van der Waals surface area contributed by atoms with Crippen LogP contribution in [-0.4, -0.2) is 24.1 Å². The molecule has 4 heteroatoms. The number of esters is 2. The Hall–Kier alpha value is -1.32. The topological polar surface area (TPSA) is 52.6 Å². The molecule has 4 rings (SSSR count). The number of carbonyl (C=O) groups excluding carboxylic acids is 2. The van der Waals surface area contributed by atoms with Gasteiger partial charge in [0.05, 0.1) is 5.92 Å². The lowest BCUT2D eigenvalue weighted by Crippen LogP contribution is -2.45. The van der Waals surface area contributed by atoms with Crippen molar-refractivity contribution in [2.75, 3.05) is 0 Å². The van der Waals surface area contributed by atoms with E-state index in [0.29, 0.717) is 11.5 Å². The zero-order chi connectivity index (χ0) is 12.9. The van der Waals surface area contributed by atoms with Crippen molar-refractivity contribution in [3.05, 3.63) is 12.2 Å². The van der Waals surface area contributed by atoms with Crippen molar-refractivity contribution in [3.8, 4) is 0 Å². The maximum Gasteiger partial charge on any atom is 0.333 e. The molecule has 2 aliphatic carbocycles. The van der Waals surface area contributed by atoms with Gasteiger partial charge in [-0.2, -0.15) is 0 Å². The van der Waals surface area contributed by atoms with Crippen molar-refractivity contribution < 1.29 is 19.1 Å². The first-order valence-corrected chi connectivity index (χ1v) is 6.61. The van der Waals surface area contributed by atoms with Gasteiger partial charge in [-0.15, -0.1) is 0 Å². The zero-order valence-corrected chi connectivity index (χ0v) is 10.6. The highest BCUT2D eigenvalue weighted by atomic mass is 16.6. The molecule has 4 nitrogen and oxygen atoms in total. The Morgan fingerprint density at radius 3 is 2.83 bits per heavy atom. The Kier molecular flexibility index (Phi) is 2.68. The molecule has 2 heterocycles. The maximum absolute atomic E-state index is 11.8. The maximum atomic E-state index is 11.8. The first-order chi connectivity index (χ1) is 8.54. The zero-order valence-electron chi connectivity index (χ0n) is 10.6. The van der Waals surface area contributed by atoms with E-state index in [1.165, 1.54) is 0 Å². The summed E-state index contributed by atoms with van der Waals surface area (Å²) in [5, 5.41) is 0. The minimum absolute atomic E-state index is 0.0206. The molecule has 4 aliphatic rings. The van der Waals surface area contributed by atoms with Crippen molar-refractivity contribution in [2.24, 2.45) is 17.8 Å². The molecule has 98 valence electrons. The van der Waals surface area contributed by atoms with E-state index in [-0.39, 0.29) is 36.0 Å². The molecule has 18 heavy (non-hydrogen) atoms. The molecule has 0 N–H and O–H groups in total. The fourth-order valence-electron chi connectivity index (χ4n) is 3.66. The van der Waals surface area contributed by atoms with Crippen molar-refractivity contribution >= 4 is 11.9 Å². The number of hydrogen-bond acceptors (Lipinski definition) is 4. The van der Waals surface area contributed by atoms with Crippen LogP contribution in [0.25, 0.3) is 0 Å². The molecule has 2 aliphatic heterocycles. The van der Waals surface area contributed by atoms with Crippen LogP contribution in [0.1, 0.15) is 32.6 Å². The molecule has 0 radical (unpaired) electrons. The Morgan fingerprint density at radius 1 is 1.33 bits per heavy atom. The van der Waals surface area contributed by atoms with Crippen LogP contribution in [0, 0.1) is 17.8 Å². The highest BCUT2D eigenvalue weighted by molar-refractivity contribution is 5.87. The van der Waals surface area contributed by atoms with Gasteiger partial charge in [0, 0.05) is 11.5 Å². The highest BCUT2D eigenvalue weighted by Crippen LogP contribution is 2.48.